The highest BCUT2D eigenvalue weighted by Gasteiger charge is 2.48. The van der Waals surface area contributed by atoms with Gasteiger partial charge in [-0.3, -0.25) is 0 Å². The lowest BCUT2D eigenvalue weighted by atomic mass is 9.64. The van der Waals surface area contributed by atoms with Crippen LogP contribution >= 0.6 is 0 Å². The van der Waals surface area contributed by atoms with Gasteiger partial charge in [-0.05, 0) is 38.0 Å². The van der Waals surface area contributed by atoms with E-state index in [0.717, 1.165) is 24.3 Å². The lowest BCUT2D eigenvalue weighted by Gasteiger charge is -2.52. The highest BCUT2D eigenvalue weighted by molar-refractivity contribution is 5.52. The average molecular weight is 251 g/mol. The van der Waals surface area contributed by atoms with Gasteiger partial charge in [0.25, 0.3) is 0 Å². The Kier molecular flexibility index (Phi) is 3.62. The number of aryl methyl sites for hydroxylation is 1. The van der Waals surface area contributed by atoms with E-state index in [1.54, 1.807) is 6.07 Å². The van der Waals surface area contributed by atoms with Crippen LogP contribution in [0.2, 0.25) is 0 Å². The summed E-state index contributed by atoms with van der Waals surface area (Å²) in [5, 5.41) is 3.45. The smallest absolute Gasteiger partial charge is 0.125 e. The van der Waals surface area contributed by atoms with Crippen LogP contribution in [0.15, 0.2) is 18.2 Å². The van der Waals surface area contributed by atoms with E-state index in [2.05, 4.69) is 19.2 Å². The van der Waals surface area contributed by atoms with Gasteiger partial charge in [-0.2, -0.15) is 0 Å². The number of hydrogen-bond acceptors (Lipinski definition) is 2. The molecule has 2 rings (SSSR count). The van der Waals surface area contributed by atoms with Crippen molar-refractivity contribution in [3.63, 3.8) is 0 Å². The summed E-state index contributed by atoms with van der Waals surface area (Å²) in [6.07, 6.45) is 1.28. The summed E-state index contributed by atoms with van der Waals surface area (Å²) in [4.78, 5) is 0. The predicted octanol–water partition coefficient (Wildman–Crippen LogP) is 3.75. The standard InChI is InChI=1S/C15H22FNO/c1-5-18-14-9-13(15(14,3)4)17-12-8-11(16)7-6-10(12)2/h6-8,13-14,17H,5,9H2,1-4H3. The Bertz CT molecular complexity index is 431. The van der Waals surface area contributed by atoms with Crippen LogP contribution in [0.25, 0.3) is 0 Å². The lowest BCUT2D eigenvalue weighted by molar-refractivity contribution is -0.0976. The molecule has 1 aliphatic carbocycles. The van der Waals surface area contributed by atoms with Crippen LogP contribution in [0.3, 0.4) is 0 Å². The molecule has 3 heteroatoms. The van der Waals surface area contributed by atoms with Gasteiger partial charge in [0.1, 0.15) is 5.82 Å². The normalized spacial score (nSPS) is 25.6. The first kappa shape index (κ1) is 13.3. The van der Waals surface area contributed by atoms with Crippen molar-refractivity contribution in [1.29, 1.82) is 0 Å². The molecule has 0 spiro atoms. The van der Waals surface area contributed by atoms with Crippen LogP contribution in [0, 0.1) is 18.2 Å². The van der Waals surface area contributed by atoms with Crippen molar-refractivity contribution in [2.75, 3.05) is 11.9 Å². The van der Waals surface area contributed by atoms with E-state index < -0.39 is 0 Å². The van der Waals surface area contributed by atoms with Crippen molar-refractivity contribution < 1.29 is 9.13 Å². The zero-order valence-corrected chi connectivity index (χ0v) is 11.6. The number of halogens is 1. The van der Waals surface area contributed by atoms with Gasteiger partial charge in [0.15, 0.2) is 0 Å². The molecule has 1 aromatic rings. The molecule has 0 amide bonds. The third kappa shape index (κ3) is 2.37. The van der Waals surface area contributed by atoms with Crippen molar-refractivity contribution >= 4 is 5.69 Å². The minimum absolute atomic E-state index is 0.0920. The molecule has 0 saturated heterocycles. The van der Waals surface area contributed by atoms with Gasteiger partial charge in [-0.25, -0.2) is 4.39 Å². The largest absolute Gasteiger partial charge is 0.381 e. The number of benzene rings is 1. The second-order valence-corrected chi connectivity index (χ2v) is 5.66. The first-order chi connectivity index (χ1) is 8.45. The zero-order chi connectivity index (χ0) is 13.3. The van der Waals surface area contributed by atoms with Gasteiger partial charge in [-0.15, -0.1) is 0 Å². The Labute approximate surface area is 109 Å². The summed E-state index contributed by atoms with van der Waals surface area (Å²) < 4.78 is 18.9. The number of ether oxygens (including phenoxy) is 1. The molecule has 2 atom stereocenters. The minimum atomic E-state index is -0.193. The topological polar surface area (TPSA) is 21.3 Å². The van der Waals surface area contributed by atoms with Gasteiger partial charge in [0.05, 0.1) is 6.10 Å². The molecule has 18 heavy (non-hydrogen) atoms. The molecule has 1 N–H and O–H groups in total. The fraction of sp³-hybridized carbons (Fsp3) is 0.600. The second kappa shape index (κ2) is 4.88. The van der Waals surface area contributed by atoms with E-state index in [1.165, 1.54) is 6.07 Å². The molecule has 100 valence electrons. The van der Waals surface area contributed by atoms with Crippen molar-refractivity contribution in [1.82, 2.24) is 0 Å². The number of nitrogens with one attached hydrogen (secondary N) is 1. The highest BCUT2D eigenvalue weighted by Crippen LogP contribution is 2.44. The zero-order valence-electron chi connectivity index (χ0n) is 11.6. The molecule has 1 fully saturated rings. The minimum Gasteiger partial charge on any atom is -0.381 e. The van der Waals surface area contributed by atoms with E-state index >= 15 is 0 Å². The molecule has 1 aliphatic rings. The molecular formula is C15H22FNO. The maximum Gasteiger partial charge on any atom is 0.125 e. The van der Waals surface area contributed by atoms with Crippen LogP contribution in [0.4, 0.5) is 10.1 Å². The first-order valence-corrected chi connectivity index (χ1v) is 6.59. The summed E-state index contributed by atoms with van der Waals surface area (Å²) in [7, 11) is 0. The molecule has 0 aromatic heterocycles. The van der Waals surface area contributed by atoms with Crippen molar-refractivity contribution in [3.05, 3.63) is 29.6 Å². The molecule has 0 radical (unpaired) electrons. The maximum absolute atomic E-state index is 13.2. The fourth-order valence-corrected chi connectivity index (χ4v) is 2.55. The SMILES string of the molecule is CCOC1CC(Nc2cc(F)ccc2C)C1(C)C. The van der Waals surface area contributed by atoms with Crippen molar-refractivity contribution in [2.24, 2.45) is 5.41 Å². The number of hydrogen-bond donors (Lipinski definition) is 1. The molecule has 1 saturated carbocycles. The van der Waals surface area contributed by atoms with Gasteiger partial charge in [0, 0.05) is 23.8 Å². The number of anilines is 1. The molecule has 1 aromatic carbocycles. The van der Waals surface area contributed by atoms with Gasteiger partial charge in [-0.1, -0.05) is 19.9 Å². The summed E-state index contributed by atoms with van der Waals surface area (Å²) in [6.45, 7) is 9.16. The van der Waals surface area contributed by atoms with E-state index in [9.17, 15) is 4.39 Å². The van der Waals surface area contributed by atoms with E-state index in [0.29, 0.717) is 12.1 Å². The van der Waals surface area contributed by atoms with Crippen LogP contribution in [-0.2, 0) is 4.74 Å². The van der Waals surface area contributed by atoms with Crippen LogP contribution in [0.1, 0.15) is 32.8 Å². The summed E-state index contributed by atoms with van der Waals surface area (Å²) in [5.41, 5.74) is 2.06. The van der Waals surface area contributed by atoms with Crippen LogP contribution in [-0.4, -0.2) is 18.8 Å². The maximum atomic E-state index is 13.2. The van der Waals surface area contributed by atoms with E-state index in [4.69, 9.17) is 4.74 Å². The van der Waals surface area contributed by atoms with E-state index in [-0.39, 0.29) is 11.2 Å². The van der Waals surface area contributed by atoms with Crippen molar-refractivity contribution in [3.8, 4) is 0 Å². The Morgan fingerprint density at radius 3 is 2.78 bits per heavy atom. The molecule has 0 aliphatic heterocycles. The summed E-state index contributed by atoms with van der Waals surface area (Å²) in [6, 6.07) is 5.22. The second-order valence-electron chi connectivity index (χ2n) is 5.66. The Balaban J connectivity index is 2.05. The Morgan fingerprint density at radius 2 is 2.17 bits per heavy atom. The van der Waals surface area contributed by atoms with Gasteiger partial charge >= 0.3 is 0 Å². The fourth-order valence-electron chi connectivity index (χ4n) is 2.55. The predicted molar refractivity (Wildman–Crippen MR) is 72.4 cm³/mol. The van der Waals surface area contributed by atoms with Crippen molar-refractivity contribution in [2.45, 2.75) is 46.3 Å². The molecule has 0 heterocycles. The molecule has 2 unspecified atom stereocenters. The first-order valence-electron chi connectivity index (χ1n) is 6.59. The van der Waals surface area contributed by atoms with Gasteiger partial charge < -0.3 is 10.1 Å². The molecule has 2 nitrogen and oxygen atoms in total. The van der Waals surface area contributed by atoms with E-state index in [1.807, 2.05) is 19.9 Å². The number of rotatable bonds is 4. The lowest BCUT2D eigenvalue weighted by Crippen LogP contribution is -2.58. The Morgan fingerprint density at radius 1 is 1.44 bits per heavy atom. The Hall–Kier alpha value is -1.09. The summed E-state index contributed by atoms with van der Waals surface area (Å²) in [5.74, 6) is -0.193. The third-order valence-corrected chi connectivity index (χ3v) is 4.07. The molecular weight excluding hydrogens is 229 g/mol. The quantitative estimate of drug-likeness (QED) is 0.880. The van der Waals surface area contributed by atoms with Crippen LogP contribution < -0.4 is 5.32 Å². The monoisotopic (exact) mass is 251 g/mol. The van der Waals surface area contributed by atoms with Crippen LogP contribution in [0.5, 0.6) is 0 Å². The summed E-state index contributed by atoms with van der Waals surface area (Å²) >= 11 is 0. The third-order valence-electron chi connectivity index (χ3n) is 4.07. The van der Waals surface area contributed by atoms with Gasteiger partial charge in [0.2, 0.25) is 0 Å². The molecule has 0 bridgehead atoms. The highest BCUT2D eigenvalue weighted by atomic mass is 19.1. The average Bonchev–Trinajstić information content (AvgIpc) is 2.32.